The molecule has 0 aromatic heterocycles. The number of aliphatic imine (C=N–C) groups is 1. The number of hydrogen-bond acceptors (Lipinski definition) is 1. The molecule has 1 rings (SSSR count). The van der Waals surface area contributed by atoms with Crippen LogP contribution in [0.3, 0.4) is 0 Å². The second-order valence-electron chi connectivity index (χ2n) is 5.11. The predicted octanol–water partition coefficient (Wildman–Crippen LogP) is 2.87. The average Bonchev–Trinajstić information content (AvgIpc) is 2.34. The van der Waals surface area contributed by atoms with Crippen LogP contribution in [0.5, 0.6) is 0 Å². The molecule has 0 radical (unpaired) electrons. The molecule has 0 saturated carbocycles. The molecular weight excluding hydrogens is 210 g/mol. The largest absolute Gasteiger partial charge is 0.357 e. The summed E-state index contributed by atoms with van der Waals surface area (Å²) in [5.41, 5.74) is 0. The van der Waals surface area contributed by atoms with Gasteiger partial charge in [-0.25, -0.2) is 0 Å². The van der Waals surface area contributed by atoms with E-state index in [-0.39, 0.29) is 0 Å². The minimum Gasteiger partial charge on any atom is -0.357 e. The number of hydrogen-bond donors (Lipinski definition) is 1. The third-order valence-electron chi connectivity index (χ3n) is 3.44. The van der Waals surface area contributed by atoms with Crippen molar-refractivity contribution in [2.24, 2.45) is 10.9 Å². The summed E-state index contributed by atoms with van der Waals surface area (Å²) in [4.78, 5) is 7.16. The Hall–Kier alpha value is -0.730. The van der Waals surface area contributed by atoms with Gasteiger partial charge in [0.05, 0.1) is 0 Å². The molecule has 0 aromatic carbocycles. The van der Waals surface area contributed by atoms with Crippen molar-refractivity contribution in [2.75, 3.05) is 26.2 Å². The highest BCUT2D eigenvalue weighted by Gasteiger charge is 2.18. The Morgan fingerprint density at radius 3 is 2.53 bits per heavy atom. The maximum Gasteiger partial charge on any atom is 0.193 e. The smallest absolute Gasteiger partial charge is 0.193 e. The van der Waals surface area contributed by atoms with E-state index < -0.39 is 0 Å². The number of nitrogens with one attached hydrogen (secondary N) is 1. The fourth-order valence-corrected chi connectivity index (χ4v) is 2.19. The SMILES string of the molecule is CCCCCN=C(NCC)N1CCC(C)CC1. The first-order valence-electron chi connectivity index (χ1n) is 7.31. The molecule has 1 saturated heterocycles. The summed E-state index contributed by atoms with van der Waals surface area (Å²) in [5, 5.41) is 3.42. The maximum atomic E-state index is 4.73. The summed E-state index contributed by atoms with van der Waals surface area (Å²) in [6.07, 6.45) is 6.39. The minimum absolute atomic E-state index is 0.884. The van der Waals surface area contributed by atoms with Crippen molar-refractivity contribution in [1.29, 1.82) is 0 Å². The normalized spacial score (nSPS) is 18.5. The molecule has 0 amide bonds. The highest BCUT2D eigenvalue weighted by Crippen LogP contribution is 2.15. The lowest BCUT2D eigenvalue weighted by atomic mass is 10.00. The van der Waals surface area contributed by atoms with Crippen LogP contribution in [0.4, 0.5) is 0 Å². The number of guanidine groups is 1. The molecule has 0 bridgehead atoms. The molecule has 1 heterocycles. The van der Waals surface area contributed by atoms with E-state index in [1.165, 1.54) is 45.2 Å². The fourth-order valence-electron chi connectivity index (χ4n) is 2.19. The third kappa shape index (κ3) is 5.42. The first-order chi connectivity index (χ1) is 8.27. The number of piperidine rings is 1. The number of rotatable bonds is 5. The standard InChI is InChI=1S/C14H29N3/c1-4-6-7-10-16-14(15-5-2)17-11-8-13(3)9-12-17/h13H,4-12H2,1-3H3,(H,15,16). The molecule has 0 aliphatic carbocycles. The Kier molecular flexibility index (Phi) is 7.06. The van der Waals surface area contributed by atoms with Crippen LogP contribution < -0.4 is 5.32 Å². The van der Waals surface area contributed by atoms with Gasteiger partial charge in [0, 0.05) is 26.2 Å². The number of unbranched alkanes of at least 4 members (excludes halogenated alkanes) is 2. The van der Waals surface area contributed by atoms with Crippen LogP contribution in [0.2, 0.25) is 0 Å². The Morgan fingerprint density at radius 2 is 1.94 bits per heavy atom. The summed E-state index contributed by atoms with van der Waals surface area (Å²) in [6.45, 7) is 11.0. The van der Waals surface area contributed by atoms with Gasteiger partial charge in [0.25, 0.3) is 0 Å². The maximum absolute atomic E-state index is 4.73. The van der Waals surface area contributed by atoms with Gasteiger partial charge in [-0.05, 0) is 32.1 Å². The van der Waals surface area contributed by atoms with Crippen LogP contribution in [0.1, 0.15) is 52.9 Å². The second-order valence-corrected chi connectivity index (χ2v) is 5.11. The van der Waals surface area contributed by atoms with Crippen LogP contribution in [-0.2, 0) is 0 Å². The first-order valence-corrected chi connectivity index (χ1v) is 7.31. The van der Waals surface area contributed by atoms with Gasteiger partial charge >= 0.3 is 0 Å². The highest BCUT2D eigenvalue weighted by atomic mass is 15.3. The Morgan fingerprint density at radius 1 is 1.24 bits per heavy atom. The summed E-state index contributed by atoms with van der Waals surface area (Å²) in [6, 6.07) is 0. The molecule has 3 heteroatoms. The molecular formula is C14H29N3. The van der Waals surface area contributed by atoms with Crippen molar-refractivity contribution in [1.82, 2.24) is 10.2 Å². The van der Waals surface area contributed by atoms with Crippen molar-refractivity contribution in [2.45, 2.75) is 52.9 Å². The summed E-state index contributed by atoms with van der Waals surface area (Å²) >= 11 is 0. The van der Waals surface area contributed by atoms with Crippen LogP contribution in [0.15, 0.2) is 4.99 Å². The van der Waals surface area contributed by atoms with Gasteiger partial charge in [-0.2, -0.15) is 0 Å². The predicted molar refractivity (Wildman–Crippen MR) is 75.5 cm³/mol. The van der Waals surface area contributed by atoms with E-state index in [1.807, 2.05) is 0 Å². The van der Waals surface area contributed by atoms with E-state index in [0.29, 0.717) is 0 Å². The number of nitrogens with zero attached hydrogens (tertiary/aromatic N) is 2. The van der Waals surface area contributed by atoms with Gasteiger partial charge in [-0.3, -0.25) is 4.99 Å². The zero-order chi connectivity index (χ0) is 12.5. The fraction of sp³-hybridized carbons (Fsp3) is 0.929. The van der Waals surface area contributed by atoms with E-state index in [2.05, 4.69) is 31.0 Å². The van der Waals surface area contributed by atoms with Crippen molar-refractivity contribution in [3.8, 4) is 0 Å². The monoisotopic (exact) mass is 239 g/mol. The molecule has 100 valence electrons. The van der Waals surface area contributed by atoms with Gasteiger partial charge in [-0.1, -0.05) is 26.7 Å². The van der Waals surface area contributed by atoms with Crippen LogP contribution >= 0.6 is 0 Å². The lowest BCUT2D eigenvalue weighted by molar-refractivity contribution is 0.273. The zero-order valence-electron chi connectivity index (χ0n) is 11.8. The molecule has 3 nitrogen and oxygen atoms in total. The molecule has 1 aliphatic rings. The van der Waals surface area contributed by atoms with Crippen LogP contribution in [-0.4, -0.2) is 37.0 Å². The first kappa shape index (κ1) is 14.3. The van der Waals surface area contributed by atoms with E-state index in [9.17, 15) is 0 Å². The zero-order valence-corrected chi connectivity index (χ0v) is 11.8. The van der Waals surface area contributed by atoms with Crippen molar-refractivity contribution >= 4 is 5.96 Å². The second kappa shape index (κ2) is 8.37. The third-order valence-corrected chi connectivity index (χ3v) is 3.44. The van der Waals surface area contributed by atoms with Crippen molar-refractivity contribution in [3.05, 3.63) is 0 Å². The van der Waals surface area contributed by atoms with Gasteiger partial charge < -0.3 is 10.2 Å². The summed E-state index contributed by atoms with van der Waals surface area (Å²) in [5.74, 6) is 2.02. The van der Waals surface area contributed by atoms with E-state index in [0.717, 1.165) is 25.0 Å². The Labute approximate surface area is 107 Å². The van der Waals surface area contributed by atoms with E-state index in [1.54, 1.807) is 0 Å². The molecule has 0 atom stereocenters. The molecule has 0 spiro atoms. The molecule has 0 aromatic rings. The highest BCUT2D eigenvalue weighted by molar-refractivity contribution is 5.80. The lowest BCUT2D eigenvalue weighted by Gasteiger charge is -2.33. The quantitative estimate of drug-likeness (QED) is 0.454. The molecule has 1 aliphatic heterocycles. The average molecular weight is 239 g/mol. The summed E-state index contributed by atoms with van der Waals surface area (Å²) in [7, 11) is 0. The number of likely N-dealkylation sites (tertiary alicyclic amines) is 1. The molecule has 0 unspecified atom stereocenters. The summed E-state index contributed by atoms with van der Waals surface area (Å²) < 4.78 is 0. The Balaban J connectivity index is 2.40. The van der Waals surface area contributed by atoms with Crippen LogP contribution in [0, 0.1) is 5.92 Å². The Bertz CT molecular complexity index is 218. The minimum atomic E-state index is 0.884. The van der Waals surface area contributed by atoms with Crippen molar-refractivity contribution in [3.63, 3.8) is 0 Å². The van der Waals surface area contributed by atoms with E-state index >= 15 is 0 Å². The van der Waals surface area contributed by atoms with Gasteiger partial charge in [0.15, 0.2) is 5.96 Å². The van der Waals surface area contributed by atoms with Gasteiger partial charge in [0.1, 0.15) is 0 Å². The molecule has 1 fully saturated rings. The molecule has 17 heavy (non-hydrogen) atoms. The van der Waals surface area contributed by atoms with Crippen molar-refractivity contribution < 1.29 is 0 Å². The topological polar surface area (TPSA) is 27.6 Å². The lowest BCUT2D eigenvalue weighted by Crippen LogP contribution is -2.45. The van der Waals surface area contributed by atoms with Gasteiger partial charge in [0.2, 0.25) is 0 Å². The van der Waals surface area contributed by atoms with Gasteiger partial charge in [-0.15, -0.1) is 0 Å². The van der Waals surface area contributed by atoms with Crippen LogP contribution in [0.25, 0.3) is 0 Å². The molecule has 1 N–H and O–H groups in total. The van der Waals surface area contributed by atoms with E-state index in [4.69, 9.17) is 4.99 Å².